The number of halogens is 1. The summed E-state index contributed by atoms with van der Waals surface area (Å²) in [5, 5.41) is 13.3. The number of ether oxygens (including phenoxy) is 2. The number of hydrogen-bond donors (Lipinski definition) is 2. The smallest absolute Gasteiger partial charge is 0.213 e. The first kappa shape index (κ1) is 28.9. The second kappa shape index (κ2) is 11.8. The number of pyridine rings is 3. The zero-order valence-electron chi connectivity index (χ0n) is 20.7. The Morgan fingerprint density at radius 2 is 1.87 bits per heavy atom. The van der Waals surface area contributed by atoms with Crippen LogP contribution in [-0.2, 0) is 9.84 Å². The molecule has 12 heteroatoms. The summed E-state index contributed by atoms with van der Waals surface area (Å²) in [7, 11) is 1.66. The summed E-state index contributed by atoms with van der Waals surface area (Å²) >= 11 is 6.17. The van der Waals surface area contributed by atoms with Gasteiger partial charge in [-0.05, 0) is 44.4 Å². The molecule has 0 fully saturated rings. The number of methoxy groups -OCH3 is 1. The van der Waals surface area contributed by atoms with Crippen molar-refractivity contribution < 1.29 is 23.0 Å². The molecule has 202 valence electrons. The minimum absolute atomic E-state index is 0. The third kappa shape index (κ3) is 6.42. The highest BCUT2D eigenvalue weighted by Gasteiger charge is 2.20. The summed E-state index contributed by atoms with van der Waals surface area (Å²) in [5.41, 5.74) is 2.65. The van der Waals surface area contributed by atoms with Crippen molar-refractivity contribution in [2.24, 2.45) is 0 Å². The zero-order chi connectivity index (χ0) is 26.7. The van der Waals surface area contributed by atoms with E-state index < -0.39 is 9.84 Å². The Labute approximate surface area is 227 Å². The van der Waals surface area contributed by atoms with Crippen molar-refractivity contribution in [2.45, 2.75) is 12.3 Å². The van der Waals surface area contributed by atoms with E-state index in [2.05, 4.69) is 15.3 Å². The number of fused-ring (bicyclic) bond motifs is 1. The van der Waals surface area contributed by atoms with Crippen LogP contribution in [0.3, 0.4) is 0 Å². The average Bonchev–Trinajstić information content (AvgIpc) is 2.85. The molecule has 0 aliphatic carbocycles. The van der Waals surface area contributed by atoms with Crippen molar-refractivity contribution in [3.05, 3.63) is 53.8 Å². The lowest BCUT2D eigenvalue weighted by atomic mass is 10.1. The van der Waals surface area contributed by atoms with Gasteiger partial charge in [0.1, 0.15) is 17.0 Å². The van der Waals surface area contributed by atoms with Gasteiger partial charge in [0, 0.05) is 30.6 Å². The van der Waals surface area contributed by atoms with E-state index in [1.54, 1.807) is 42.6 Å². The molecule has 2 N–H and O–H groups in total. The van der Waals surface area contributed by atoms with Crippen LogP contribution >= 0.6 is 11.6 Å². The number of nitrogens with zero attached hydrogens (tertiary/aromatic N) is 4. The van der Waals surface area contributed by atoms with Gasteiger partial charge in [0.05, 0.1) is 40.9 Å². The molecule has 0 aliphatic rings. The summed E-state index contributed by atoms with van der Waals surface area (Å²) in [6.45, 7) is 1.23. The van der Waals surface area contributed by atoms with Crippen LogP contribution in [-0.4, -0.2) is 74.0 Å². The second-order valence-electron chi connectivity index (χ2n) is 8.50. The Morgan fingerprint density at radius 1 is 1.11 bits per heavy atom. The van der Waals surface area contributed by atoms with Crippen molar-refractivity contribution in [1.29, 1.82) is 0 Å². The number of nitrogens with one attached hydrogen (secondary N) is 1. The number of aromatic nitrogens is 3. The molecule has 3 heterocycles. The lowest BCUT2D eigenvalue weighted by molar-refractivity contribution is 0.254. The zero-order valence-corrected chi connectivity index (χ0v) is 22.3. The maximum atomic E-state index is 12.6. The molecule has 10 nitrogen and oxygen atoms in total. The Hall–Kier alpha value is -3.67. The van der Waals surface area contributed by atoms with E-state index in [1.807, 2.05) is 19.0 Å². The molecule has 1 aromatic carbocycles. The molecular weight excluding hydrogens is 530 g/mol. The summed E-state index contributed by atoms with van der Waals surface area (Å²) < 4.78 is 36.1. The third-order valence-electron chi connectivity index (χ3n) is 5.42. The van der Waals surface area contributed by atoms with Crippen LogP contribution in [0.1, 0.15) is 7.43 Å². The molecule has 0 atom stereocenters. The predicted octanol–water partition coefficient (Wildman–Crippen LogP) is 4.78. The van der Waals surface area contributed by atoms with Crippen LogP contribution in [0, 0.1) is 0 Å². The number of sulfone groups is 1. The Morgan fingerprint density at radius 3 is 2.50 bits per heavy atom. The highest BCUT2D eigenvalue weighted by atomic mass is 35.5. The van der Waals surface area contributed by atoms with Crippen molar-refractivity contribution in [1.82, 2.24) is 19.9 Å². The van der Waals surface area contributed by atoms with Crippen LogP contribution in [0.5, 0.6) is 17.4 Å². The first-order valence-electron chi connectivity index (χ1n) is 11.1. The molecule has 0 saturated heterocycles. The van der Waals surface area contributed by atoms with Crippen molar-refractivity contribution in [3.63, 3.8) is 0 Å². The Kier molecular flexibility index (Phi) is 8.97. The van der Waals surface area contributed by atoms with E-state index >= 15 is 0 Å². The number of anilines is 2. The number of rotatable bonds is 9. The molecule has 0 amide bonds. The standard InChI is InChI=1S/C25H26ClN5O5S.CH4/c1-31(2)9-10-36-22-8-5-16(13-28-22)29-24-21(37(4,33)34)14-27-19-7-6-18(30-23(19)24)15-11-17(26)25(32)20(12-15)35-3;/h5-8,11-14,32H,9-10H2,1-4H3,(H,27,29);1H4. The van der Waals surface area contributed by atoms with Crippen LogP contribution in [0.25, 0.3) is 22.3 Å². The fourth-order valence-electron chi connectivity index (χ4n) is 3.51. The first-order valence-corrected chi connectivity index (χ1v) is 13.4. The normalized spacial score (nSPS) is 11.3. The van der Waals surface area contributed by atoms with Gasteiger partial charge < -0.3 is 24.8 Å². The fraction of sp³-hybridized carbons (Fsp3) is 0.269. The highest BCUT2D eigenvalue weighted by molar-refractivity contribution is 7.90. The Bertz CT molecular complexity index is 1550. The van der Waals surface area contributed by atoms with E-state index in [0.717, 1.165) is 12.8 Å². The lowest BCUT2D eigenvalue weighted by Gasteiger charge is -2.15. The van der Waals surface area contributed by atoms with Crippen molar-refractivity contribution >= 4 is 43.8 Å². The van der Waals surface area contributed by atoms with E-state index in [9.17, 15) is 13.5 Å². The quantitative estimate of drug-likeness (QED) is 0.295. The van der Waals surface area contributed by atoms with Gasteiger partial charge in [-0.2, -0.15) is 0 Å². The minimum atomic E-state index is -3.66. The number of phenolic OH excluding ortho intramolecular Hbond substituents is 1. The molecule has 4 rings (SSSR count). The van der Waals surface area contributed by atoms with Gasteiger partial charge in [-0.15, -0.1) is 0 Å². The molecule has 3 aromatic heterocycles. The summed E-state index contributed by atoms with van der Waals surface area (Å²) in [5.74, 6) is 0.456. The van der Waals surface area contributed by atoms with Gasteiger partial charge >= 0.3 is 0 Å². The number of benzene rings is 1. The van der Waals surface area contributed by atoms with Gasteiger partial charge in [0.15, 0.2) is 21.3 Å². The topological polar surface area (TPSA) is 127 Å². The summed E-state index contributed by atoms with van der Waals surface area (Å²) in [4.78, 5) is 15.3. The molecule has 0 bridgehead atoms. The van der Waals surface area contributed by atoms with Crippen LogP contribution < -0.4 is 14.8 Å². The molecule has 4 aromatic rings. The van der Waals surface area contributed by atoms with E-state index in [4.69, 9.17) is 26.1 Å². The SMILES string of the molecule is C.COc1cc(-c2ccc3ncc(S(C)(=O)=O)c(Nc4ccc(OCCN(C)C)nc4)c3n2)cc(Cl)c1O. The van der Waals surface area contributed by atoms with E-state index in [1.165, 1.54) is 13.3 Å². The first-order chi connectivity index (χ1) is 17.6. The molecule has 38 heavy (non-hydrogen) atoms. The number of hydrogen-bond acceptors (Lipinski definition) is 10. The average molecular weight is 560 g/mol. The van der Waals surface area contributed by atoms with Gasteiger partial charge in [-0.1, -0.05) is 19.0 Å². The molecule has 0 spiro atoms. The molecule has 0 radical (unpaired) electrons. The van der Waals surface area contributed by atoms with Crippen molar-refractivity contribution in [3.8, 4) is 28.6 Å². The fourth-order valence-corrected chi connectivity index (χ4v) is 4.48. The van der Waals surface area contributed by atoms with Crippen molar-refractivity contribution in [2.75, 3.05) is 45.9 Å². The molecule has 0 saturated carbocycles. The largest absolute Gasteiger partial charge is 0.503 e. The van der Waals surface area contributed by atoms with Crippen LogP contribution in [0.4, 0.5) is 11.4 Å². The minimum Gasteiger partial charge on any atom is -0.503 e. The second-order valence-corrected chi connectivity index (χ2v) is 10.9. The van der Waals surface area contributed by atoms with E-state index in [0.29, 0.717) is 40.5 Å². The number of aromatic hydroxyl groups is 1. The van der Waals surface area contributed by atoms with Crippen LogP contribution in [0.2, 0.25) is 5.02 Å². The van der Waals surface area contributed by atoms with Gasteiger partial charge in [0.2, 0.25) is 5.88 Å². The highest BCUT2D eigenvalue weighted by Crippen LogP contribution is 2.39. The third-order valence-corrected chi connectivity index (χ3v) is 6.81. The molecular formula is C26H30ClN5O5S. The van der Waals surface area contributed by atoms with Gasteiger partial charge in [-0.3, -0.25) is 4.98 Å². The van der Waals surface area contributed by atoms with Crippen LogP contribution in [0.15, 0.2) is 53.7 Å². The molecule has 0 aliphatic heterocycles. The maximum absolute atomic E-state index is 12.6. The van der Waals surface area contributed by atoms with Gasteiger partial charge in [-0.25, -0.2) is 18.4 Å². The Balaban J connectivity index is 0.00000400. The lowest BCUT2D eigenvalue weighted by Crippen LogP contribution is -2.19. The summed E-state index contributed by atoms with van der Waals surface area (Å²) in [6.07, 6.45) is 3.96. The monoisotopic (exact) mass is 559 g/mol. The number of phenols is 1. The number of likely N-dealkylation sites (N-methyl/N-ethyl adjacent to an activating group) is 1. The summed E-state index contributed by atoms with van der Waals surface area (Å²) in [6, 6.07) is 10.0. The predicted molar refractivity (Wildman–Crippen MR) is 150 cm³/mol. The maximum Gasteiger partial charge on any atom is 0.213 e. The van der Waals surface area contributed by atoms with Gasteiger partial charge in [0.25, 0.3) is 0 Å². The van der Waals surface area contributed by atoms with E-state index in [-0.39, 0.29) is 34.5 Å². The molecule has 0 unspecified atom stereocenters.